The van der Waals surface area contributed by atoms with E-state index in [0.717, 1.165) is 5.69 Å². The van der Waals surface area contributed by atoms with Gasteiger partial charge in [-0.15, -0.1) is 0 Å². The van der Waals surface area contributed by atoms with Gasteiger partial charge >= 0.3 is 0 Å². The van der Waals surface area contributed by atoms with E-state index < -0.39 is 0 Å². The molecule has 0 spiro atoms. The summed E-state index contributed by atoms with van der Waals surface area (Å²) < 4.78 is 11.8. The zero-order chi connectivity index (χ0) is 17.1. The Hall–Kier alpha value is -2.76. The number of anilines is 2. The third-order valence-corrected chi connectivity index (χ3v) is 4.77. The molecule has 0 amide bonds. The summed E-state index contributed by atoms with van der Waals surface area (Å²) in [6, 6.07) is 12.6. The topological polar surface area (TPSA) is 71.1 Å². The van der Waals surface area contributed by atoms with Crippen LogP contribution in [0.4, 0.5) is 11.4 Å². The number of rotatable bonds is 0. The van der Waals surface area contributed by atoms with Crippen LogP contribution in [0.2, 0.25) is 10.0 Å². The summed E-state index contributed by atoms with van der Waals surface area (Å²) in [6.07, 6.45) is 0. The summed E-state index contributed by atoms with van der Waals surface area (Å²) in [7, 11) is 0. The molecule has 3 aliphatic rings. The number of aromatic nitrogens is 1. The number of ether oxygens (including phenoxy) is 1. The molecular weight excluding hydrogens is 361 g/mol. The van der Waals surface area contributed by atoms with Crippen molar-refractivity contribution in [3.8, 4) is 23.0 Å². The van der Waals surface area contributed by atoms with Crippen LogP contribution in [-0.4, -0.2) is 4.98 Å². The first kappa shape index (κ1) is 14.6. The Morgan fingerprint density at radius 3 is 2.72 bits per heavy atom. The summed E-state index contributed by atoms with van der Waals surface area (Å²) in [5.41, 5.74) is 2.44. The van der Waals surface area contributed by atoms with E-state index in [-0.39, 0.29) is 10.4 Å². The Kier molecular flexibility index (Phi) is 2.98. The van der Waals surface area contributed by atoms with Gasteiger partial charge in [0.2, 0.25) is 0 Å². The van der Waals surface area contributed by atoms with Crippen LogP contribution in [0.3, 0.4) is 0 Å². The minimum Gasteiger partial charge on any atom is -0.451 e. The molecule has 0 saturated heterocycles. The normalized spacial score (nSPS) is 12.4. The smallest absolute Gasteiger partial charge is 0.175 e. The first-order valence-electron chi connectivity index (χ1n) is 7.46. The lowest BCUT2D eigenvalue weighted by Gasteiger charge is -2.24. The maximum atomic E-state index is 8.01. The monoisotopic (exact) mass is 369 g/mol. The van der Waals surface area contributed by atoms with Crippen LogP contribution in [0.15, 0.2) is 46.9 Å². The van der Waals surface area contributed by atoms with Gasteiger partial charge in [-0.1, -0.05) is 41.4 Å². The highest BCUT2D eigenvalue weighted by molar-refractivity contribution is 6.43. The van der Waals surface area contributed by atoms with Crippen molar-refractivity contribution in [3.05, 3.63) is 57.9 Å². The van der Waals surface area contributed by atoms with Gasteiger partial charge < -0.3 is 14.5 Å². The minimum atomic E-state index is 0.248. The fourth-order valence-corrected chi connectivity index (χ4v) is 3.40. The van der Waals surface area contributed by atoms with Gasteiger partial charge in [0.15, 0.2) is 22.8 Å². The minimum absolute atomic E-state index is 0.248. The maximum Gasteiger partial charge on any atom is 0.175 e. The van der Waals surface area contributed by atoms with E-state index in [4.69, 9.17) is 37.8 Å². The molecule has 5 rings (SSSR count). The van der Waals surface area contributed by atoms with Crippen LogP contribution in [0.5, 0.6) is 11.5 Å². The number of halogens is 2. The third-order valence-electron chi connectivity index (χ3n) is 4.06. The highest BCUT2D eigenvalue weighted by Gasteiger charge is 2.27. The lowest BCUT2D eigenvalue weighted by atomic mass is 10.1. The van der Waals surface area contributed by atoms with Gasteiger partial charge in [-0.05, 0) is 24.3 Å². The van der Waals surface area contributed by atoms with Gasteiger partial charge in [0.05, 0.1) is 11.0 Å². The van der Waals surface area contributed by atoms with Gasteiger partial charge in [0, 0.05) is 0 Å². The SMILES string of the molecule is N=c1cccc2oc3c(Cl)c4c(c(Cl)c3nc1-2)Oc1ccccc1N4. The van der Waals surface area contributed by atoms with E-state index >= 15 is 0 Å². The molecule has 1 aliphatic carbocycles. The van der Waals surface area contributed by atoms with Crippen molar-refractivity contribution in [2.24, 2.45) is 0 Å². The van der Waals surface area contributed by atoms with Crippen molar-refractivity contribution in [1.82, 2.24) is 4.98 Å². The van der Waals surface area contributed by atoms with Gasteiger partial charge in [-0.25, -0.2) is 4.98 Å². The second kappa shape index (κ2) is 5.12. The molecule has 0 radical (unpaired) electrons. The number of hydrogen-bond donors (Lipinski definition) is 2. The van der Waals surface area contributed by atoms with Crippen molar-refractivity contribution in [2.75, 3.05) is 5.32 Å². The maximum absolute atomic E-state index is 8.01. The quantitative estimate of drug-likeness (QED) is 0.350. The Morgan fingerprint density at radius 1 is 1.00 bits per heavy atom. The fraction of sp³-hybridized carbons (Fsp3) is 0. The number of fused-ring (bicyclic) bond motifs is 4. The van der Waals surface area contributed by atoms with Gasteiger partial charge in [0.1, 0.15) is 26.9 Å². The molecule has 2 N–H and O–H groups in total. The van der Waals surface area contributed by atoms with Crippen LogP contribution in [0.25, 0.3) is 22.6 Å². The molecule has 0 atom stereocenters. The molecular formula is C18H9Cl2N3O2. The molecule has 0 unspecified atom stereocenters. The molecule has 0 bridgehead atoms. The van der Waals surface area contributed by atoms with E-state index in [2.05, 4.69) is 10.3 Å². The van der Waals surface area contributed by atoms with Crippen LogP contribution in [-0.2, 0) is 0 Å². The van der Waals surface area contributed by atoms with E-state index in [9.17, 15) is 0 Å². The fourth-order valence-electron chi connectivity index (χ4n) is 2.88. The number of nitrogens with one attached hydrogen (secondary N) is 2. The zero-order valence-electron chi connectivity index (χ0n) is 12.6. The first-order chi connectivity index (χ1) is 12.1. The Labute approximate surface area is 151 Å². The molecule has 2 heterocycles. The molecule has 25 heavy (non-hydrogen) atoms. The van der Waals surface area contributed by atoms with E-state index in [0.29, 0.717) is 44.8 Å². The largest absolute Gasteiger partial charge is 0.451 e. The van der Waals surface area contributed by atoms with Crippen molar-refractivity contribution in [2.45, 2.75) is 0 Å². The lowest BCUT2D eigenvalue weighted by molar-refractivity contribution is 0.481. The van der Waals surface area contributed by atoms with Crippen molar-refractivity contribution in [3.63, 3.8) is 0 Å². The van der Waals surface area contributed by atoms with Crippen LogP contribution in [0, 0.1) is 5.41 Å². The summed E-state index contributed by atoms with van der Waals surface area (Å²) in [6.45, 7) is 0. The van der Waals surface area contributed by atoms with Crippen molar-refractivity contribution < 1.29 is 9.15 Å². The summed E-state index contributed by atoms with van der Waals surface area (Å²) in [5.74, 6) is 1.50. The standard InChI is InChI=1S/C18H9Cl2N3O2/c19-12-15-17(24-10-6-2-1-5-9(10)22-15)13(20)16-18(12)25-11-7-3-4-8(21)14(11)23-16/h1-7,21-22H. The number of benzene rings is 3. The molecule has 7 heteroatoms. The number of hydrogen-bond acceptors (Lipinski definition) is 5. The average Bonchev–Trinajstić information content (AvgIpc) is 2.64. The van der Waals surface area contributed by atoms with E-state index in [1.165, 1.54) is 0 Å². The molecule has 2 aliphatic heterocycles. The van der Waals surface area contributed by atoms with Crippen molar-refractivity contribution in [1.29, 1.82) is 5.41 Å². The number of para-hydroxylation sites is 3. The Bertz CT molecular complexity index is 1200. The van der Waals surface area contributed by atoms with Crippen LogP contribution >= 0.6 is 23.2 Å². The second-order valence-electron chi connectivity index (χ2n) is 5.60. The lowest BCUT2D eigenvalue weighted by Crippen LogP contribution is -2.08. The Morgan fingerprint density at radius 2 is 1.84 bits per heavy atom. The molecule has 0 fully saturated rings. The molecule has 5 nitrogen and oxygen atoms in total. The highest BCUT2D eigenvalue weighted by Crippen LogP contribution is 2.52. The van der Waals surface area contributed by atoms with E-state index in [1.807, 2.05) is 24.3 Å². The third kappa shape index (κ3) is 2.03. The average molecular weight is 370 g/mol. The first-order valence-corrected chi connectivity index (χ1v) is 8.22. The molecule has 2 aromatic rings. The van der Waals surface area contributed by atoms with Crippen LogP contribution < -0.4 is 15.4 Å². The zero-order valence-corrected chi connectivity index (χ0v) is 14.1. The number of nitrogens with zero attached hydrogens (tertiary/aromatic N) is 1. The summed E-state index contributed by atoms with van der Waals surface area (Å²) >= 11 is 13.1. The van der Waals surface area contributed by atoms with Gasteiger partial charge in [0.25, 0.3) is 0 Å². The molecule has 122 valence electrons. The van der Waals surface area contributed by atoms with Gasteiger partial charge in [-0.3, -0.25) is 5.41 Å². The second-order valence-corrected chi connectivity index (χ2v) is 6.36. The predicted molar refractivity (Wildman–Crippen MR) is 96.3 cm³/mol. The summed E-state index contributed by atoms with van der Waals surface area (Å²) in [5, 5.41) is 12.1. The summed E-state index contributed by atoms with van der Waals surface area (Å²) in [4.78, 5) is 4.50. The molecule has 2 aromatic carbocycles. The van der Waals surface area contributed by atoms with Crippen LogP contribution in [0.1, 0.15) is 0 Å². The van der Waals surface area contributed by atoms with Gasteiger partial charge in [-0.2, -0.15) is 0 Å². The highest BCUT2D eigenvalue weighted by atomic mass is 35.5. The van der Waals surface area contributed by atoms with E-state index in [1.54, 1.807) is 18.2 Å². The van der Waals surface area contributed by atoms with Crippen molar-refractivity contribution >= 4 is 45.7 Å². The molecule has 0 saturated carbocycles. The predicted octanol–water partition coefficient (Wildman–Crippen LogP) is 5.57. The molecule has 0 aromatic heterocycles. The Balaban J connectivity index is 1.88.